The zero-order valence-electron chi connectivity index (χ0n) is 8.98. The van der Waals surface area contributed by atoms with E-state index in [1.54, 1.807) is 6.92 Å². The molecule has 0 saturated heterocycles. The van der Waals surface area contributed by atoms with Gasteiger partial charge < -0.3 is 20.9 Å². The predicted octanol–water partition coefficient (Wildman–Crippen LogP) is 0.216. The van der Waals surface area contributed by atoms with Crippen LogP contribution < -0.4 is 5.73 Å². The van der Waals surface area contributed by atoms with Gasteiger partial charge in [0.15, 0.2) is 0 Å². The summed E-state index contributed by atoms with van der Waals surface area (Å²) in [6, 6.07) is 0. The number of hydrogen-bond donors (Lipinski definition) is 3. The molecule has 14 heavy (non-hydrogen) atoms. The number of hydrogen-bond acceptors (Lipinski definition) is 4. The molecule has 0 radical (unpaired) electrons. The van der Waals surface area contributed by atoms with E-state index in [1.165, 1.54) is 0 Å². The third-order valence-electron chi connectivity index (χ3n) is 1.93. The minimum Gasteiger partial charge on any atom is -0.409 e. The van der Waals surface area contributed by atoms with Gasteiger partial charge in [0.25, 0.3) is 0 Å². The van der Waals surface area contributed by atoms with Crippen molar-refractivity contribution in [3.8, 4) is 0 Å². The average molecular weight is 203 g/mol. The van der Waals surface area contributed by atoms with E-state index in [-0.39, 0.29) is 11.9 Å². The highest BCUT2D eigenvalue weighted by Crippen LogP contribution is 1.98. The molecule has 0 aromatic rings. The van der Waals surface area contributed by atoms with E-state index in [4.69, 9.17) is 16.0 Å². The molecule has 0 aliphatic carbocycles. The Bertz CT molecular complexity index is 171. The van der Waals surface area contributed by atoms with Crippen LogP contribution in [0.4, 0.5) is 0 Å². The first kappa shape index (κ1) is 13.2. The van der Waals surface area contributed by atoms with E-state index >= 15 is 0 Å². The Balaban J connectivity index is 3.36. The summed E-state index contributed by atoms with van der Waals surface area (Å²) in [4.78, 5) is 2.07. The number of nitrogens with zero attached hydrogens (tertiary/aromatic N) is 2. The van der Waals surface area contributed by atoms with Crippen LogP contribution in [0, 0.1) is 0 Å². The van der Waals surface area contributed by atoms with Gasteiger partial charge in [0, 0.05) is 13.0 Å². The minimum absolute atomic E-state index is 0.281. The maximum atomic E-state index is 9.09. The summed E-state index contributed by atoms with van der Waals surface area (Å²) in [7, 11) is 1.97. The molecular weight excluding hydrogens is 182 g/mol. The highest BCUT2D eigenvalue weighted by molar-refractivity contribution is 5.79. The Hall–Kier alpha value is -0.810. The molecule has 0 rings (SSSR count). The summed E-state index contributed by atoms with van der Waals surface area (Å²) in [6.07, 6.45) is 2.22. The third-order valence-corrected chi connectivity index (χ3v) is 1.93. The smallest absolute Gasteiger partial charge is 0.139 e. The Kier molecular flexibility index (Phi) is 7.14. The standard InChI is InChI=1S/C9H21N3O2/c1-8(13)7-12(2)6-4-3-5-9(10)11-14/h8,13-14H,3-7H2,1-2H3,(H2,10,11). The SMILES string of the molecule is CC(O)CN(C)CCCCC(N)=NO. The van der Waals surface area contributed by atoms with Crippen LogP contribution >= 0.6 is 0 Å². The number of nitrogens with two attached hydrogens (primary N) is 1. The molecule has 5 nitrogen and oxygen atoms in total. The van der Waals surface area contributed by atoms with E-state index in [2.05, 4.69) is 10.1 Å². The first-order valence-corrected chi connectivity index (χ1v) is 4.89. The zero-order valence-corrected chi connectivity index (χ0v) is 8.98. The van der Waals surface area contributed by atoms with Gasteiger partial charge in [-0.05, 0) is 33.4 Å². The van der Waals surface area contributed by atoms with Crippen molar-refractivity contribution < 1.29 is 10.3 Å². The number of aliphatic hydroxyl groups is 1. The second-order valence-electron chi connectivity index (χ2n) is 3.66. The molecule has 0 aliphatic heterocycles. The topological polar surface area (TPSA) is 82.1 Å². The molecule has 0 aliphatic rings. The van der Waals surface area contributed by atoms with Crippen LogP contribution in [-0.2, 0) is 0 Å². The van der Waals surface area contributed by atoms with Crippen LogP contribution in [0.2, 0.25) is 0 Å². The quantitative estimate of drug-likeness (QED) is 0.182. The summed E-state index contributed by atoms with van der Waals surface area (Å²) < 4.78 is 0. The van der Waals surface area contributed by atoms with Crippen LogP contribution in [0.15, 0.2) is 5.16 Å². The summed E-state index contributed by atoms with van der Waals surface area (Å²) in [5.41, 5.74) is 5.32. The molecule has 5 heteroatoms. The lowest BCUT2D eigenvalue weighted by atomic mass is 10.2. The third kappa shape index (κ3) is 7.82. The molecule has 84 valence electrons. The van der Waals surface area contributed by atoms with Gasteiger partial charge in [0.1, 0.15) is 5.84 Å². The average Bonchev–Trinajstić information content (AvgIpc) is 2.10. The monoisotopic (exact) mass is 203 g/mol. The van der Waals surface area contributed by atoms with Gasteiger partial charge >= 0.3 is 0 Å². The molecule has 0 fully saturated rings. The van der Waals surface area contributed by atoms with Crippen LogP contribution in [-0.4, -0.2) is 47.3 Å². The second-order valence-corrected chi connectivity index (χ2v) is 3.66. The van der Waals surface area contributed by atoms with Gasteiger partial charge in [-0.3, -0.25) is 0 Å². The van der Waals surface area contributed by atoms with Crippen LogP contribution in [0.1, 0.15) is 26.2 Å². The van der Waals surface area contributed by atoms with Crippen molar-refractivity contribution in [2.75, 3.05) is 20.1 Å². The molecule has 4 N–H and O–H groups in total. The maximum Gasteiger partial charge on any atom is 0.139 e. The predicted molar refractivity (Wildman–Crippen MR) is 56.4 cm³/mol. The molecule has 0 aromatic carbocycles. The molecule has 0 saturated carbocycles. The van der Waals surface area contributed by atoms with Gasteiger partial charge in [0.2, 0.25) is 0 Å². The number of amidine groups is 1. The van der Waals surface area contributed by atoms with Gasteiger partial charge in [-0.2, -0.15) is 0 Å². The Morgan fingerprint density at radius 3 is 2.64 bits per heavy atom. The molecule has 1 atom stereocenters. The molecule has 0 bridgehead atoms. The van der Waals surface area contributed by atoms with E-state index in [0.29, 0.717) is 13.0 Å². The zero-order chi connectivity index (χ0) is 11.0. The van der Waals surface area contributed by atoms with Crippen molar-refractivity contribution in [2.24, 2.45) is 10.9 Å². The van der Waals surface area contributed by atoms with E-state index in [0.717, 1.165) is 19.4 Å². The van der Waals surface area contributed by atoms with E-state index in [9.17, 15) is 0 Å². The van der Waals surface area contributed by atoms with Crippen molar-refractivity contribution in [2.45, 2.75) is 32.3 Å². The number of aliphatic hydroxyl groups excluding tert-OH is 1. The summed E-state index contributed by atoms with van der Waals surface area (Å²) in [5.74, 6) is 0.281. The van der Waals surface area contributed by atoms with Crippen molar-refractivity contribution in [3.63, 3.8) is 0 Å². The number of rotatable bonds is 7. The van der Waals surface area contributed by atoms with E-state index in [1.807, 2.05) is 7.05 Å². The fourth-order valence-corrected chi connectivity index (χ4v) is 1.28. The lowest BCUT2D eigenvalue weighted by Crippen LogP contribution is -2.28. The summed E-state index contributed by atoms with van der Waals surface area (Å²) in [6.45, 7) is 3.38. The highest BCUT2D eigenvalue weighted by Gasteiger charge is 2.02. The second kappa shape index (κ2) is 7.58. The number of oxime groups is 1. The van der Waals surface area contributed by atoms with Gasteiger partial charge in [0.05, 0.1) is 6.10 Å². The van der Waals surface area contributed by atoms with Crippen LogP contribution in [0.5, 0.6) is 0 Å². The van der Waals surface area contributed by atoms with Crippen molar-refractivity contribution in [3.05, 3.63) is 0 Å². The van der Waals surface area contributed by atoms with Gasteiger partial charge in [-0.15, -0.1) is 0 Å². The Morgan fingerprint density at radius 2 is 2.14 bits per heavy atom. The Labute approximate surface area is 85.2 Å². The molecular formula is C9H21N3O2. The largest absolute Gasteiger partial charge is 0.409 e. The normalized spacial score (nSPS) is 14.7. The van der Waals surface area contributed by atoms with Crippen LogP contribution in [0.3, 0.4) is 0 Å². The van der Waals surface area contributed by atoms with Crippen LogP contribution in [0.25, 0.3) is 0 Å². The fraction of sp³-hybridized carbons (Fsp3) is 0.889. The summed E-state index contributed by atoms with van der Waals surface area (Å²) >= 11 is 0. The number of likely N-dealkylation sites (N-methyl/N-ethyl adjacent to an activating group) is 1. The molecule has 0 heterocycles. The van der Waals surface area contributed by atoms with Crippen molar-refractivity contribution in [1.82, 2.24) is 4.90 Å². The maximum absolute atomic E-state index is 9.09. The number of unbranched alkanes of at least 4 members (excludes halogenated alkanes) is 1. The lowest BCUT2D eigenvalue weighted by molar-refractivity contribution is 0.140. The van der Waals surface area contributed by atoms with Gasteiger partial charge in [-0.25, -0.2) is 0 Å². The molecule has 0 amide bonds. The summed E-state index contributed by atoms with van der Waals surface area (Å²) in [5, 5.41) is 20.3. The molecule has 1 unspecified atom stereocenters. The van der Waals surface area contributed by atoms with Gasteiger partial charge in [-0.1, -0.05) is 5.16 Å². The lowest BCUT2D eigenvalue weighted by Gasteiger charge is -2.17. The minimum atomic E-state index is -0.288. The van der Waals surface area contributed by atoms with E-state index < -0.39 is 0 Å². The van der Waals surface area contributed by atoms with Crippen molar-refractivity contribution in [1.29, 1.82) is 0 Å². The fourth-order valence-electron chi connectivity index (χ4n) is 1.28. The molecule has 0 aromatic heterocycles. The van der Waals surface area contributed by atoms with Crippen molar-refractivity contribution >= 4 is 5.84 Å². The Morgan fingerprint density at radius 1 is 1.50 bits per heavy atom. The highest BCUT2D eigenvalue weighted by atomic mass is 16.4. The first-order valence-electron chi connectivity index (χ1n) is 4.89. The first-order chi connectivity index (χ1) is 6.56. The molecule has 0 spiro atoms.